The van der Waals surface area contributed by atoms with E-state index in [0.717, 1.165) is 36.3 Å². The molecule has 2 heterocycles. The van der Waals surface area contributed by atoms with E-state index in [1.165, 1.54) is 34.3 Å². The highest BCUT2D eigenvalue weighted by molar-refractivity contribution is 5.92. The Hall–Kier alpha value is -2.59. The van der Waals surface area contributed by atoms with E-state index in [1.807, 2.05) is 19.2 Å². The molecule has 0 amide bonds. The minimum Gasteiger partial charge on any atom is -0.388 e. The SMILES string of the molecule is CNc1ccc2c(c1)c1c(n2/C=C(\C)c2ccc(F)cc2)CCN(C)C1. The van der Waals surface area contributed by atoms with E-state index in [2.05, 4.69) is 53.2 Å². The van der Waals surface area contributed by atoms with E-state index >= 15 is 0 Å². The second kappa shape index (κ2) is 6.61. The van der Waals surface area contributed by atoms with Crippen LogP contribution in [-0.2, 0) is 13.0 Å². The van der Waals surface area contributed by atoms with Crippen LogP contribution in [0.2, 0.25) is 0 Å². The Morgan fingerprint density at radius 2 is 1.92 bits per heavy atom. The van der Waals surface area contributed by atoms with E-state index < -0.39 is 0 Å². The summed E-state index contributed by atoms with van der Waals surface area (Å²) in [5, 5.41) is 4.55. The largest absolute Gasteiger partial charge is 0.388 e. The van der Waals surface area contributed by atoms with Crippen molar-refractivity contribution in [1.82, 2.24) is 9.47 Å². The molecule has 2 aromatic carbocycles. The number of nitrogens with zero attached hydrogens (tertiary/aromatic N) is 2. The molecule has 3 aromatic rings. The average molecular weight is 349 g/mol. The van der Waals surface area contributed by atoms with Gasteiger partial charge in [-0.15, -0.1) is 0 Å². The van der Waals surface area contributed by atoms with Crippen molar-refractivity contribution in [3.63, 3.8) is 0 Å². The standard InChI is InChI=1S/C22H24FN3/c1-15(16-4-6-17(23)7-5-16)13-26-21-9-8-18(24-2)12-19(21)20-14-25(3)11-10-22(20)26/h4-9,12-13,24H,10-11,14H2,1-3H3/b15-13+. The summed E-state index contributed by atoms with van der Waals surface area (Å²) < 4.78 is 15.6. The second-order valence-corrected chi connectivity index (χ2v) is 7.08. The summed E-state index contributed by atoms with van der Waals surface area (Å²) in [5.74, 6) is -0.201. The normalized spacial score (nSPS) is 15.3. The van der Waals surface area contributed by atoms with Gasteiger partial charge in [-0.1, -0.05) is 12.1 Å². The summed E-state index contributed by atoms with van der Waals surface area (Å²) in [6.07, 6.45) is 3.22. The van der Waals surface area contributed by atoms with Crippen LogP contribution < -0.4 is 5.32 Å². The number of allylic oxidation sites excluding steroid dienone is 1. The Morgan fingerprint density at radius 3 is 2.65 bits per heavy atom. The van der Waals surface area contributed by atoms with E-state index in [9.17, 15) is 4.39 Å². The van der Waals surface area contributed by atoms with E-state index in [1.54, 1.807) is 0 Å². The first-order chi connectivity index (χ1) is 12.6. The van der Waals surface area contributed by atoms with Crippen molar-refractivity contribution in [2.45, 2.75) is 19.9 Å². The Bertz CT molecular complexity index is 983. The van der Waals surface area contributed by atoms with Gasteiger partial charge in [0.2, 0.25) is 0 Å². The molecule has 4 rings (SSSR count). The van der Waals surface area contributed by atoms with Crippen LogP contribution in [0.15, 0.2) is 42.5 Å². The number of hydrogen-bond donors (Lipinski definition) is 1. The van der Waals surface area contributed by atoms with Crippen LogP contribution >= 0.6 is 0 Å². The van der Waals surface area contributed by atoms with Crippen molar-refractivity contribution in [3.8, 4) is 0 Å². The third-order valence-electron chi connectivity index (χ3n) is 5.29. The number of fused-ring (bicyclic) bond motifs is 3. The molecule has 0 aliphatic carbocycles. The Morgan fingerprint density at radius 1 is 1.15 bits per heavy atom. The van der Waals surface area contributed by atoms with Crippen molar-refractivity contribution in [1.29, 1.82) is 0 Å². The first kappa shape index (κ1) is 16.9. The first-order valence-corrected chi connectivity index (χ1v) is 9.03. The molecule has 0 saturated heterocycles. The highest BCUT2D eigenvalue weighted by Crippen LogP contribution is 2.33. The highest BCUT2D eigenvalue weighted by Gasteiger charge is 2.22. The minimum absolute atomic E-state index is 0.201. The minimum atomic E-state index is -0.201. The third kappa shape index (κ3) is 2.90. The summed E-state index contributed by atoms with van der Waals surface area (Å²) >= 11 is 0. The lowest BCUT2D eigenvalue weighted by molar-refractivity contribution is 0.312. The second-order valence-electron chi connectivity index (χ2n) is 7.08. The number of rotatable bonds is 3. The molecule has 0 unspecified atom stereocenters. The van der Waals surface area contributed by atoms with Gasteiger partial charge in [-0.25, -0.2) is 4.39 Å². The zero-order valence-corrected chi connectivity index (χ0v) is 15.5. The predicted octanol–water partition coefficient (Wildman–Crippen LogP) is 4.83. The summed E-state index contributed by atoms with van der Waals surface area (Å²) in [5.41, 5.74) is 7.32. The number of hydrogen-bond acceptors (Lipinski definition) is 2. The van der Waals surface area contributed by atoms with Crippen molar-refractivity contribution >= 4 is 28.4 Å². The van der Waals surface area contributed by atoms with Crippen LogP contribution in [0.1, 0.15) is 23.7 Å². The van der Waals surface area contributed by atoms with Crippen molar-refractivity contribution < 1.29 is 4.39 Å². The van der Waals surface area contributed by atoms with Crippen LogP contribution in [0.4, 0.5) is 10.1 Å². The Kier molecular flexibility index (Phi) is 4.29. The fourth-order valence-electron chi connectivity index (χ4n) is 3.81. The van der Waals surface area contributed by atoms with Gasteiger partial charge in [-0.3, -0.25) is 0 Å². The number of benzene rings is 2. The fraction of sp³-hybridized carbons (Fsp3) is 0.273. The summed E-state index contributed by atoms with van der Waals surface area (Å²) in [4.78, 5) is 2.37. The molecule has 1 N–H and O–H groups in total. The molecule has 0 atom stereocenters. The molecule has 0 fully saturated rings. The molecule has 4 heteroatoms. The molecule has 0 spiro atoms. The topological polar surface area (TPSA) is 20.2 Å². The number of aromatic nitrogens is 1. The van der Waals surface area contributed by atoms with E-state index in [4.69, 9.17) is 0 Å². The van der Waals surface area contributed by atoms with Crippen LogP contribution in [0, 0.1) is 5.82 Å². The number of nitrogens with one attached hydrogen (secondary N) is 1. The number of likely N-dealkylation sites (N-methyl/N-ethyl adjacent to an activating group) is 1. The zero-order valence-electron chi connectivity index (χ0n) is 15.5. The van der Waals surface area contributed by atoms with Gasteiger partial charge in [0, 0.05) is 49.5 Å². The van der Waals surface area contributed by atoms with Crippen LogP contribution in [0.25, 0.3) is 22.7 Å². The molecular formula is C22H24FN3. The Labute approximate surface area is 153 Å². The van der Waals surface area contributed by atoms with Crippen LogP contribution in [0.5, 0.6) is 0 Å². The number of halogens is 1. The predicted molar refractivity (Wildman–Crippen MR) is 108 cm³/mol. The molecule has 0 bridgehead atoms. The molecule has 0 radical (unpaired) electrons. The fourth-order valence-corrected chi connectivity index (χ4v) is 3.81. The molecule has 1 aliphatic heterocycles. The number of anilines is 1. The van der Waals surface area contributed by atoms with Crippen molar-refractivity contribution in [2.24, 2.45) is 0 Å². The lowest BCUT2D eigenvalue weighted by atomic mass is 10.0. The molecule has 1 aromatic heterocycles. The summed E-state index contributed by atoms with van der Waals surface area (Å²) in [7, 11) is 4.13. The van der Waals surface area contributed by atoms with Gasteiger partial charge in [0.05, 0.1) is 5.52 Å². The van der Waals surface area contributed by atoms with E-state index in [0.29, 0.717) is 0 Å². The van der Waals surface area contributed by atoms with Gasteiger partial charge in [-0.2, -0.15) is 0 Å². The molecule has 26 heavy (non-hydrogen) atoms. The average Bonchev–Trinajstić information content (AvgIpc) is 2.94. The van der Waals surface area contributed by atoms with Gasteiger partial charge in [-0.05, 0) is 61.0 Å². The van der Waals surface area contributed by atoms with Gasteiger partial charge in [0.25, 0.3) is 0 Å². The van der Waals surface area contributed by atoms with Crippen LogP contribution in [0.3, 0.4) is 0 Å². The van der Waals surface area contributed by atoms with Crippen LogP contribution in [-0.4, -0.2) is 30.1 Å². The van der Waals surface area contributed by atoms with E-state index in [-0.39, 0.29) is 5.82 Å². The van der Waals surface area contributed by atoms with Gasteiger partial charge in [0.15, 0.2) is 0 Å². The smallest absolute Gasteiger partial charge is 0.123 e. The lowest BCUT2D eigenvalue weighted by Crippen LogP contribution is -2.26. The molecule has 1 aliphatic rings. The quantitative estimate of drug-likeness (QED) is 0.731. The van der Waals surface area contributed by atoms with Crippen molar-refractivity contribution in [2.75, 3.05) is 26.0 Å². The maximum Gasteiger partial charge on any atom is 0.123 e. The molecular weight excluding hydrogens is 325 g/mol. The summed E-state index contributed by atoms with van der Waals surface area (Å²) in [6, 6.07) is 13.3. The lowest BCUT2D eigenvalue weighted by Gasteiger charge is -2.23. The Balaban J connectivity index is 1.89. The molecule has 3 nitrogen and oxygen atoms in total. The maximum atomic E-state index is 13.2. The van der Waals surface area contributed by atoms with Crippen molar-refractivity contribution in [3.05, 3.63) is 65.1 Å². The molecule has 0 saturated carbocycles. The highest BCUT2D eigenvalue weighted by atomic mass is 19.1. The zero-order chi connectivity index (χ0) is 18.3. The van der Waals surface area contributed by atoms with Gasteiger partial charge < -0.3 is 14.8 Å². The van der Waals surface area contributed by atoms with Gasteiger partial charge in [0.1, 0.15) is 5.82 Å². The maximum absolute atomic E-state index is 13.2. The molecule has 134 valence electrons. The monoisotopic (exact) mass is 349 g/mol. The summed E-state index contributed by atoms with van der Waals surface area (Å²) in [6.45, 7) is 4.11. The van der Waals surface area contributed by atoms with Gasteiger partial charge >= 0.3 is 0 Å². The first-order valence-electron chi connectivity index (χ1n) is 9.03. The third-order valence-corrected chi connectivity index (χ3v) is 5.29.